The first-order valence-electron chi connectivity index (χ1n) is 8.82. The number of rotatable bonds is 7. The number of hydrogen-bond donors (Lipinski definition) is 2. The van der Waals surface area contributed by atoms with E-state index >= 15 is 0 Å². The zero-order chi connectivity index (χ0) is 17.4. The van der Waals surface area contributed by atoms with E-state index in [0.29, 0.717) is 12.1 Å². The Kier molecular flexibility index (Phi) is 10.8. The molecule has 2 rings (SSSR count). The molecule has 2 N–H and O–H groups in total. The molecule has 0 aromatic heterocycles. The largest absolute Gasteiger partial charge is 0.355 e. The Morgan fingerprint density at radius 2 is 2.00 bits per heavy atom. The molecular formula is C19H33IN4S. The summed E-state index contributed by atoms with van der Waals surface area (Å²) < 4.78 is 0. The predicted molar refractivity (Wildman–Crippen MR) is 122 cm³/mol. The van der Waals surface area contributed by atoms with Gasteiger partial charge in [0.05, 0.1) is 0 Å². The minimum atomic E-state index is 0. The van der Waals surface area contributed by atoms with Crippen molar-refractivity contribution in [2.45, 2.75) is 43.0 Å². The first-order chi connectivity index (χ1) is 11.6. The molecule has 0 spiro atoms. The lowest BCUT2D eigenvalue weighted by Gasteiger charge is -2.26. The second-order valence-corrected chi connectivity index (χ2v) is 7.91. The van der Waals surface area contributed by atoms with E-state index < -0.39 is 0 Å². The Labute approximate surface area is 174 Å². The molecule has 3 atom stereocenters. The van der Waals surface area contributed by atoms with E-state index in [1.807, 2.05) is 18.8 Å². The van der Waals surface area contributed by atoms with Crippen LogP contribution in [0.2, 0.25) is 0 Å². The summed E-state index contributed by atoms with van der Waals surface area (Å²) in [6.07, 6.45) is 7.04. The zero-order valence-corrected chi connectivity index (χ0v) is 19.0. The van der Waals surface area contributed by atoms with Gasteiger partial charge in [-0.1, -0.05) is 30.3 Å². The summed E-state index contributed by atoms with van der Waals surface area (Å²) in [4.78, 5) is 6.69. The van der Waals surface area contributed by atoms with Crippen LogP contribution in [0.15, 0.2) is 35.3 Å². The molecule has 1 aromatic rings. The number of aliphatic imine (C=N–C) groups is 1. The summed E-state index contributed by atoms with van der Waals surface area (Å²) in [5.74, 6) is 0.932. The van der Waals surface area contributed by atoms with Crippen LogP contribution in [0.3, 0.4) is 0 Å². The van der Waals surface area contributed by atoms with Crippen LogP contribution in [0.1, 0.15) is 24.8 Å². The maximum atomic E-state index is 4.41. The first kappa shape index (κ1) is 22.6. The Balaban J connectivity index is 0.00000312. The molecule has 1 aliphatic carbocycles. The van der Waals surface area contributed by atoms with Crippen molar-refractivity contribution in [3.05, 3.63) is 35.9 Å². The van der Waals surface area contributed by atoms with Crippen LogP contribution in [-0.4, -0.2) is 62.1 Å². The first-order valence-corrected chi connectivity index (χ1v) is 10.1. The van der Waals surface area contributed by atoms with Crippen LogP contribution in [0.4, 0.5) is 0 Å². The molecule has 0 bridgehead atoms. The Hall–Kier alpha value is -0.470. The molecule has 4 nitrogen and oxygen atoms in total. The summed E-state index contributed by atoms with van der Waals surface area (Å²) in [7, 11) is 6.15. The van der Waals surface area contributed by atoms with Gasteiger partial charge in [0.25, 0.3) is 0 Å². The molecule has 1 aliphatic rings. The second-order valence-electron chi connectivity index (χ2n) is 6.77. The number of hydrogen-bond acceptors (Lipinski definition) is 3. The lowest BCUT2D eigenvalue weighted by Crippen LogP contribution is -2.48. The maximum Gasteiger partial charge on any atom is 0.191 e. The van der Waals surface area contributed by atoms with Crippen LogP contribution >= 0.6 is 35.7 Å². The third-order valence-corrected chi connectivity index (χ3v) is 5.93. The average molecular weight is 476 g/mol. The van der Waals surface area contributed by atoms with Gasteiger partial charge in [-0.25, -0.2) is 0 Å². The lowest BCUT2D eigenvalue weighted by molar-refractivity contribution is 0.290. The van der Waals surface area contributed by atoms with Crippen LogP contribution in [0.5, 0.6) is 0 Å². The van der Waals surface area contributed by atoms with Gasteiger partial charge in [-0.2, -0.15) is 11.8 Å². The third-order valence-electron chi connectivity index (χ3n) is 4.83. The van der Waals surface area contributed by atoms with E-state index in [0.717, 1.165) is 24.2 Å². The highest BCUT2D eigenvalue weighted by Gasteiger charge is 2.24. The molecule has 142 valence electrons. The Bertz CT molecular complexity index is 509. The molecule has 0 radical (unpaired) electrons. The quantitative estimate of drug-likeness (QED) is 0.360. The van der Waals surface area contributed by atoms with Crippen molar-refractivity contribution in [2.24, 2.45) is 4.99 Å². The molecule has 0 saturated heterocycles. The minimum absolute atomic E-state index is 0. The molecule has 6 heteroatoms. The van der Waals surface area contributed by atoms with E-state index in [4.69, 9.17) is 0 Å². The highest BCUT2D eigenvalue weighted by molar-refractivity contribution is 14.0. The van der Waals surface area contributed by atoms with Gasteiger partial charge in [0.15, 0.2) is 5.96 Å². The van der Waals surface area contributed by atoms with Gasteiger partial charge >= 0.3 is 0 Å². The smallest absolute Gasteiger partial charge is 0.191 e. The molecule has 0 amide bonds. The van der Waals surface area contributed by atoms with Gasteiger partial charge < -0.3 is 15.5 Å². The Morgan fingerprint density at radius 1 is 1.28 bits per heavy atom. The fraction of sp³-hybridized carbons (Fsp3) is 0.632. The maximum absolute atomic E-state index is 4.41. The number of nitrogens with one attached hydrogen (secondary N) is 2. The number of likely N-dealkylation sites (N-methyl/N-ethyl adjacent to an activating group) is 1. The van der Waals surface area contributed by atoms with Crippen LogP contribution in [0.25, 0.3) is 0 Å². The molecule has 25 heavy (non-hydrogen) atoms. The van der Waals surface area contributed by atoms with Crippen molar-refractivity contribution in [2.75, 3.05) is 33.9 Å². The molecule has 1 aromatic carbocycles. The van der Waals surface area contributed by atoms with Crippen molar-refractivity contribution in [3.8, 4) is 0 Å². The number of nitrogens with zero attached hydrogens (tertiary/aromatic N) is 2. The van der Waals surface area contributed by atoms with Crippen molar-refractivity contribution >= 4 is 41.7 Å². The normalized spacial score (nSPS) is 21.7. The SMILES string of the molecule is CN=C(NCC(Cc1ccccc1)N(C)C)NC1CCC(SC)C1.I. The lowest BCUT2D eigenvalue weighted by atomic mass is 10.1. The van der Waals surface area contributed by atoms with E-state index in [9.17, 15) is 0 Å². The van der Waals surface area contributed by atoms with E-state index in [-0.39, 0.29) is 24.0 Å². The molecule has 3 unspecified atom stereocenters. The van der Waals surface area contributed by atoms with Crippen LogP contribution < -0.4 is 10.6 Å². The van der Waals surface area contributed by atoms with E-state index in [1.165, 1.54) is 24.8 Å². The van der Waals surface area contributed by atoms with E-state index in [1.54, 1.807) is 0 Å². The minimum Gasteiger partial charge on any atom is -0.355 e. The fourth-order valence-electron chi connectivity index (χ4n) is 3.21. The predicted octanol–water partition coefficient (Wildman–Crippen LogP) is 3.23. The number of thioether (sulfide) groups is 1. The van der Waals surface area contributed by atoms with Gasteiger partial charge in [-0.15, -0.1) is 24.0 Å². The summed E-state index contributed by atoms with van der Waals surface area (Å²) >= 11 is 1.99. The summed E-state index contributed by atoms with van der Waals surface area (Å²) in [5.41, 5.74) is 1.37. The summed E-state index contributed by atoms with van der Waals surface area (Å²) in [6.45, 7) is 0.889. The van der Waals surface area contributed by atoms with Gasteiger partial charge in [0.2, 0.25) is 0 Å². The van der Waals surface area contributed by atoms with Gasteiger partial charge in [-0.05, 0) is 51.6 Å². The Morgan fingerprint density at radius 3 is 2.56 bits per heavy atom. The number of halogens is 1. The van der Waals surface area contributed by atoms with Crippen molar-refractivity contribution < 1.29 is 0 Å². The third kappa shape index (κ3) is 7.74. The topological polar surface area (TPSA) is 39.7 Å². The van der Waals surface area contributed by atoms with Crippen molar-refractivity contribution in [3.63, 3.8) is 0 Å². The van der Waals surface area contributed by atoms with Gasteiger partial charge in [0.1, 0.15) is 0 Å². The van der Waals surface area contributed by atoms with Crippen molar-refractivity contribution in [1.29, 1.82) is 0 Å². The highest BCUT2D eigenvalue weighted by Crippen LogP contribution is 2.27. The molecular weight excluding hydrogens is 443 g/mol. The molecule has 0 heterocycles. The van der Waals surface area contributed by atoms with Crippen molar-refractivity contribution in [1.82, 2.24) is 15.5 Å². The zero-order valence-electron chi connectivity index (χ0n) is 15.9. The summed E-state index contributed by atoms with van der Waals surface area (Å²) in [5, 5.41) is 7.92. The second kappa shape index (κ2) is 12.0. The average Bonchev–Trinajstić information content (AvgIpc) is 3.05. The number of guanidine groups is 1. The summed E-state index contributed by atoms with van der Waals surface area (Å²) in [6, 6.07) is 11.7. The standard InChI is InChI=1S/C19H32N4S.HI/c1-20-19(22-16-10-11-18(13-16)24-4)21-14-17(23(2)3)12-15-8-6-5-7-9-15;/h5-9,16-18H,10-14H2,1-4H3,(H2,20,21,22);1H. The van der Waals surface area contributed by atoms with Gasteiger partial charge in [-0.3, -0.25) is 4.99 Å². The van der Waals surface area contributed by atoms with E-state index in [2.05, 4.69) is 71.2 Å². The fourth-order valence-corrected chi connectivity index (χ4v) is 4.01. The van der Waals surface area contributed by atoms with Gasteiger partial charge in [0, 0.05) is 30.9 Å². The monoisotopic (exact) mass is 476 g/mol. The van der Waals surface area contributed by atoms with Crippen LogP contribution in [0, 0.1) is 0 Å². The van der Waals surface area contributed by atoms with Crippen LogP contribution in [-0.2, 0) is 6.42 Å². The molecule has 1 fully saturated rings. The molecule has 1 saturated carbocycles. The molecule has 0 aliphatic heterocycles. The highest BCUT2D eigenvalue weighted by atomic mass is 127. The number of benzene rings is 1.